The summed E-state index contributed by atoms with van der Waals surface area (Å²) in [5.74, 6) is -1.08. The summed E-state index contributed by atoms with van der Waals surface area (Å²) in [6.45, 7) is 10.8. The number of nitrogens with one attached hydrogen (secondary N) is 1. The van der Waals surface area contributed by atoms with Crippen molar-refractivity contribution in [2.45, 2.75) is 63.4 Å². The van der Waals surface area contributed by atoms with Gasteiger partial charge in [0.05, 0.1) is 17.3 Å². The van der Waals surface area contributed by atoms with Crippen LogP contribution in [-0.2, 0) is 19.3 Å². The second-order valence-electron chi connectivity index (χ2n) is 13.5. The zero-order valence-corrected chi connectivity index (χ0v) is 28.6. The van der Waals surface area contributed by atoms with Crippen molar-refractivity contribution in [3.05, 3.63) is 120 Å². The van der Waals surface area contributed by atoms with Crippen molar-refractivity contribution in [1.82, 2.24) is 5.32 Å². The van der Waals surface area contributed by atoms with Gasteiger partial charge in [-0.05, 0) is 83.6 Å². The quantitative estimate of drug-likeness (QED) is 0.0793. The molecule has 1 saturated heterocycles. The van der Waals surface area contributed by atoms with Gasteiger partial charge in [0.2, 0.25) is 5.91 Å². The zero-order valence-electron chi connectivity index (χ0n) is 26.7. The molecule has 0 aliphatic carbocycles. The van der Waals surface area contributed by atoms with Gasteiger partial charge in [-0.1, -0.05) is 87.5 Å². The highest BCUT2D eigenvalue weighted by Crippen LogP contribution is 2.50. The van der Waals surface area contributed by atoms with Gasteiger partial charge in [0.15, 0.2) is 8.32 Å². The summed E-state index contributed by atoms with van der Waals surface area (Å²) in [6.07, 6.45) is 0.572. The molecule has 10 heteroatoms. The number of aromatic hydroxyl groups is 1. The number of amides is 1. The van der Waals surface area contributed by atoms with E-state index in [1.54, 1.807) is 42.5 Å². The Hall–Kier alpha value is -3.59. The average molecular weight is 662 g/mol. The monoisotopic (exact) mass is 661 g/mol. The molecule has 5 rings (SSSR count). The number of hydrogen-bond donors (Lipinski definition) is 4. The van der Waals surface area contributed by atoms with Crippen molar-refractivity contribution in [2.24, 2.45) is 5.92 Å². The van der Waals surface area contributed by atoms with Crippen LogP contribution >= 0.6 is 7.60 Å². The van der Waals surface area contributed by atoms with Crippen LogP contribution in [-0.4, -0.2) is 29.1 Å². The summed E-state index contributed by atoms with van der Waals surface area (Å²) >= 11 is 0. The summed E-state index contributed by atoms with van der Waals surface area (Å²) in [5, 5.41) is 14.5. The second-order valence-corrected chi connectivity index (χ2v) is 19.9. The molecule has 7 nitrogen and oxygen atoms in total. The fraction of sp³-hybridized carbons (Fsp3) is 0.306. The SMILES string of the molecule is CC(C)(C)[Si](C)(C)O[C@@H](CC[C@H]1C(=O)N[C@@]1(c1ccccc1)c1ccc(-c2cccc(P(=O)(O)O)c2)cc1O)c1ccc(F)cc1. The first-order chi connectivity index (χ1) is 21.5. The summed E-state index contributed by atoms with van der Waals surface area (Å²) in [4.78, 5) is 32.7. The highest BCUT2D eigenvalue weighted by atomic mass is 31.2. The first kappa shape index (κ1) is 33.8. The van der Waals surface area contributed by atoms with Crippen molar-refractivity contribution in [3.8, 4) is 16.9 Å². The Balaban J connectivity index is 1.52. The molecule has 0 radical (unpaired) electrons. The van der Waals surface area contributed by atoms with Gasteiger partial charge in [0.25, 0.3) is 0 Å². The predicted molar refractivity (Wildman–Crippen MR) is 181 cm³/mol. The summed E-state index contributed by atoms with van der Waals surface area (Å²) in [6, 6.07) is 27.0. The first-order valence-electron chi connectivity index (χ1n) is 15.3. The fourth-order valence-electron chi connectivity index (χ4n) is 5.95. The minimum atomic E-state index is -4.46. The number of carbonyl (C=O) groups excluding carboxylic acids is 1. The van der Waals surface area contributed by atoms with Gasteiger partial charge < -0.3 is 24.6 Å². The highest BCUT2D eigenvalue weighted by Gasteiger charge is 2.56. The second kappa shape index (κ2) is 12.5. The highest BCUT2D eigenvalue weighted by molar-refractivity contribution is 7.60. The van der Waals surface area contributed by atoms with E-state index < -0.39 is 27.4 Å². The van der Waals surface area contributed by atoms with E-state index in [0.29, 0.717) is 29.5 Å². The predicted octanol–water partition coefficient (Wildman–Crippen LogP) is 7.53. The Morgan fingerprint density at radius 2 is 1.59 bits per heavy atom. The third-order valence-electron chi connectivity index (χ3n) is 9.53. The lowest BCUT2D eigenvalue weighted by Gasteiger charge is -2.51. The standard InChI is InChI=1S/C36H41FNO6PSi/c1-35(2,3)46(4,5)44-33(24-14-17-28(37)18-15-24)21-20-31-34(40)38-36(31,27-11-7-6-8-12-27)30-19-16-26(23-32(30)39)25-10-9-13-29(22-25)45(41,42)43/h6-19,22-23,31,33,39H,20-21H2,1-5H3,(H,38,40)(H2,41,42,43)/t31-,33-,36-/m0/s1. The first-order valence-corrected chi connectivity index (χ1v) is 19.9. The van der Waals surface area contributed by atoms with Gasteiger partial charge in [-0.2, -0.15) is 0 Å². The van der Waals surface area contributed by atoms with Crippen LogP contribution in [0.2, 0.25) is 18.1 Å². The molecule has 1 aliphatic rings. The van der Waals surface area contributed by atoms with E-state index in [4.69, 9.17) is 4.43 Å². The van der Waals surface area contributed by atoms with Gasteiger partial charge >= 0.3 is 7.60 Å². The van der Waals surface area contributed by atoms with Crippen LogP contribution < -0.4 is 10.6 Å². The number of phenolic OH excluding ortho intramolecular Hbond substituents is 1. The summed E-state index contributed by atoms with van der Waals surface area (Å²) in [7, 11) is -6.72. The Bertz CT molecular complexity index is 1770. The number of phenols is 1. The largest absolute Gasteiger partial charge is 0.508 e. The molecule has 4 N–H and O–H groups in total. The molecule has 0 aromatic heterocycles. The van der Waals surface area contributed by atoms with Crippen molar-refractivity contribution in [2.75, 3.05) is 0 Å². The molecule has 1 fully saturated rings. The third-order valence-corrected chi connectivity index (χ3v) is 15.0. The fourth-order valence-corrected chi connectivity index (χ4v) is 7.86. The topological polar surface area (TPSA) is 116 Å². The maximum atomic E-state index is 13.9. The van der Waals surface area contributed by atoms with E-state index in [9.17, 15) is 28.6 Å². The van der Waals surface area contributed by atoms with Crippen LogP contribution in [0.25, 0.3) is 11.1 Å². The van der Waals surface area contributed by atoms with E-state index in [1.165, 1.54) is 24.3 Å². The normalized spacial score (nSPS) is 19.3. The molecule has 4 aromatic carbocycles. The van der Waals surface area contributed by atoms with Crippen molar-refractivity contribution < 1.29 is 33.1 Å². The lowest BCUT2D eigenvalue weighted by Crippen LogP contribution is -2.67. The Kier molecular flexibility index (Phi) is 9.21. The van der Waals surface area contributed by atoms with E-state index in [2.05, 4.69) is 39.2 Å². The minimum Gasteiger partial charge on any atom is -0.508 e. The Morgan fingerprint density at radius 1 is 0.935 bits per heavy atom. The number of hydrogen-bond acceptors (Lipinski definition) is 4. The van der Waals surface area contributed by atoms with Gasteiger partial charge in [-0.3, -0.25) is 9.36 Å². The Morgan fingerprint density at radius 3 is 2.17 bits per heavy atom. The molecule has 1 aliphatic heterocycles. The number of benzene rings is 4. The van der Waals surface area contributed by atoms with Crippen LogP contribution in [0.5, 0.6) is 5.75 Å². The molecule has 0 spiro atoms. The lowest BCUT2D eigenvalue weighted by atomic mass is 9.64. The van der Waals surface area contributed by atoms with Gasteiger partial charge in [0, 0.05) is 5.56 Å². The molecule has 0 saturated carbocycles. The molecular weight excluding hydrogens is 620 g/mol. The molecule has 0 bridgehead atoms. The molecule has 1 amide bonds. The van der Waals surface area contributed by atoms with E-state index >= 15 is 0 Å². The van der Waals surface area contributed by atoms with Crippen LogP contribution in [0.15, 0.2) is 97.1 Å². The van der Waals surface area contributed by atoms with Gasteiger partial charge in [-0.15, -0.1) is 0 Å². The van der Waals surface area contributed by atoms with Crippen LogP contribution in [0.1, 0.15) is 56.4 Å². The molecule has 1 heterocycles. The van der Waals surface area contributed by atoms with E-state index in [0.717, 1.165) is 11.1 Å². The van der Waals surface area contributed by atoms with Crippen LogP contribution in [0.3, 0.4) is 0 Å². The van der Waals surface area contributed by atoms with Crippen molar-refractivity contribution >= 4 is 27.1 Å². The smallest absolute Gasteiger partial charge is 0.356 e. The molecular formula is C36H41FNO6PSi. The maximum absolute atomic E-state index is 13.9. The molecule has 242 valence electrons. The number of halogens is 1. The average Bonchev–Trinajstić information content (AvgIpc) is 2.99. The molecule has 3 atom stereocenters. The minimum absolute atomic E-state index is 0.0551. The summed E-state index contributed by atoms with van der Waals surface area (Å²) in [5.41, 5.74) is 2.26. The summed E-state index contributed by atoms with van der Waals surface area (Å²) < 4.78 is 32.6. The van der Waals surface area contributed by atoms with Gasteiger partial charge in [-0.25, -0.2) is 4.39 Å². The van der Waals surface area contributed by atoms with Gasteiger partial charge in [0.1, 0.15) is 17.1 Å². The van der Waals surface area contributed by atoms with Crippen molar-refractivity contribution in [1.29, 1.82) is 0 Å². The number of β-lactam (4-membered cyclic amide) rings is 1. The third kappa shape index (κ3) is 6.61. The maximum Gasteiger partial charge on any atom is 0.356 e. The molecule has 4 aromatic rings. The lowest BCUT2D eigenvalue weighted by molar-refractivity contribution is -0.140. The number of rotatable bonds is 10. The Labute approximate surface area is 270 Å². The number of carbonyl (C=O) groups is 1. The molecule has 0 unspecified atom stereocenters. The van der Waals surface area contributed by atoms with E-state index in [-0.39, 0.29) is 33.9 Å². The van der Waals surface area contributed by atoms with Crippen LogP contribution in [0, 0.1) is 11.7 Å². The molecule has 46 heavy (non-hydrogen) atoms. The van der Waals surface area contributed by atoms with E-state index in [1.807, 2.05) is 30.3 Å². The van der Waals surface area contributed by atoms with Crippen molar-refractivity contribution in [3.63, 3.8) is 0 Å². The zero-order chi connectivity index (χ0) is 33.5. The van der Waals surface area contributed by atoms with Crippen LogP contribution in [0.4, 0.5) is 4.39 Å².